The van der Waals surface area contributed by atoms with Crippen LogP contribution in [0.5, 0.6) is 0 Å². The first-order chi connectivity index (χ1) is 15.4. The number of carbonyl (C=O) groups is 1. The van der Waals surface area contributed by atoms with Gasteiger partial charge in [-0.25, -0.2) is 0 Å². The molecule has 4 aliphatic carbocycles. The molecule has 1 aliphatic heterocycles. The number of amides is 1. The van der Waals surface area contributed by atoms with Crippen LogP contribution in [0, 0.1) is 28.6 Å². The summed E-state index contributed by atoms with van der Waals surface area (Å²) >= 11 is 1.98. The Kier molecular flexibility index (Phi) is 5.22. The van der Waals surface area contributed by atoms with Crippen molar-refractivity contribution in [1.29, 1.82) is 0 Å². The fourth-order valence-corrected chi connectivity index (χ4v) is 10.0. The van der Waals surface area contributed by atoms with Gasteiger partial charge in [-0.15, -0.1) is 11.8 Å². The third-order valence-electron chi connectivity index (χ3n) is 10.5. The molecule has 6 unspecified atom stereocenters. The van der Waals surface area contributed by atoms with E-state index in [2.05, 4.69) is 56.1 Å². The molecular weight excluding hydrogens is 414 g/mol. The molecule has 8 atom stereocenters. The van der Waals surface area contributed by atoms with Gasteiger partial charge < -0.3 is 9.64 Å². The topological polar surface area (TPSA) is 29.5 Å². The summed E-state index contributed by atoms with van der Waals surface area (Å²) in [6, 6.07) is 11.2. The molecule has 1 saturated heterocycles. The van der Waals surface area contributed by atoms with Gasteiger partial charge in [0.05, 0.1) is 12.2 Å². The lowest BCUT2D eigenvalue weighted by atomic mass is 9.47. The zero-order chi connectivity index (χ0) is 22.1. The van der Waals surface area contributed by atoms with E-state index in [4.69, 9.17) is 4.74 Å². The van der Waals surface area contributed by atoms with E-state index in [1.807, 2.05) is 11.8 Å². The molecule has 4 saturated carbocycles. The average molecular weight is 454 g/mol. The maximum Gasteiger partial charge on any atom is 0.223 e. The number of hydrogen-bond acceptors (Lipinski definition) is 3. The molecule has 4 heteroatoms. The Labute approximate surface area is 198 Å². The van der Waals surface area contributed by atoms with E-state index >= 15 is 0 Å². The molecule has 174 valence electrons. The van der Waals surface area contributed by atoms with Gasteiger partial charge in [0.1, 0.15) is 0 Å². The summed E-state index contributed by atoms with van der Waals surface area (Å²) in [4.78, 5) is 16.5. The first-order valence-electron chi connectivity index (χ1n) is 13.0. The third-order valence-corrected chi connectivity index (χ3v) is 12.0. The Balaban J connectivity index is 1.31. The maximum atomic E-state index is 13.0. The minimum Gasteiger partial charge on any atom is -0.374 e. The number of nitrogens with zero attached hydrogens (tertiary/aromatic N) is 1. The normalized spacial score (nSPS) is 45.8. The molecule has 1 amide bonds. The van der Waals surface area contributed by atoms with Crippen molar-refractivity contribution in [3.8, 4) is 0 Å². The van der Waals surface area contributed by atoms with Crippen LogP contribution in [-0.2, 0) is 9.53 Å². The second kappa shape index (κ2) is 7.77. The molecule has 0 aromatic heterocycles. The molecule has 0 spiro atoms. The van der Waals surface area contributed by atoms with Gasteiger partial charge in [-0.2, -0.15) is 0 Å². The summed E-state index contributed by atoms with van der Waals surface area (Å²) in [5, 5.41) is 0.371. The second-order valence-electron chi connectivity index (χ2n) is 11.9. The number of rotatable bonds is 4. The van der Waals surface area contributed by atoms with Gasteiger partial charge in [-0.05, 0) is 86.7 Å². The highest BCUT2D eigenvalue weighted by atomic mass is 32.2. The predicted octanol–water partition coefficient (Wildman–Crippen LogP) is 6.17. The Bertz CT molecular complexity index is 871. The van der Waals surface area contributed by atoms with Gasteiger partial charge >= 0.3 is 0 Å². The number of thioether (sulfide) groups is 1. The van der Waals surface area contributed by atoms with E-state index in [1.165, 1.54) is 56.3 Å². The first-order valence-corrected chi connectivity index (χ1v) is 13.9. The number of carbonyl (C=O) groups excluding carboxylic acids is 1. The van der Waals surface area contributed by atoms with Crippen LogP contribution in [0.1, 0.15) is 71.6 Å². The lowest BCUT2D eigenvalue weighted by Crippen LogP contribution is -2.65. The summed E-state index contributed by atoms with van der Waals surface area (Å²) in [5.41, 5.74) is 0.550. The van der Waals surface area contributed by atoms with Gasteiger partial charge in [0.25, 0.3) is 0 Å². The van der Waals surface area contributed by atoms with Crippen LogP contribution >= 0.6 is 11.8 Å². The van der Waals surface area contributed by atoms with Crippen molar-refractivity contribution in [2.45, 2.75) is 100 Å². The summed E-state index contributed by atoms with van der Waals surface area (Å²) in [6.07, 6.45) is 12.0. The van der Waals surface area contributed by atoms with E-state index in [0.717, 1.165) is 17.8 Å². The number of hydrogen-bond donors (Lipinski definition) is 0. The van der Waals surface area contributed by atoms with Gasteiger partial charge in [0, 0.05) is 35.1 Å². The van der Waals surface area contributed by atoms with Crippen LogP contribution in [-0.4, -0.2) is 41.4 Å². The largest absolute Gasteiger partial charge is 0.374 e. The van der Waals surface area contributed by atoms with Crippen LogP contribution in [0.15, 0.2) is 35.2 Å². The van der Waals surface area contributed by atoms with Crippen LogP contribution < -0.4 is 0 Å². The highest BCUT2D eigenvalue weighted by Gasteiger charge is 2.64. The molecule has 3 nitrogen and oxygen atoms in total. The van der Waals surface area contributed by atoms with Gasteiger partial charge in [-0.3, -0.25) is 4.79 Å². The molecule has 5 aliphatic rings. The number of benzene rings is 1. The van der Waals surface area contributed by atoms with Gasteiger partial charge in [-0.1, -0.05) is 32.0 Å². The second-order valence-corrected chi connectivity index (χ2v) is 13.2. The predicted molar refractivity (Wildman–Crippen MR) is 130 cm³/mol. The zero-order valence-corrected chi connectivity index (χ0v) is 20.8. The van der Waals surface area contributed by atoms with Gasteiger partial charge in [0.15, 0.2) is 0 Å². The van der Waals surface area contributed by atoms with Crippen molar-refractivity contribution in [3.63, 3.8) is 0 Å². The van der Waals surface area contributed by atoms with E-state index in [9.17, 15) is 4.79 Å². The van der Waals surface area contributed by atoms with Gasteiger partial charge in [0.2, 0.25) is 5.91 Å². The molecule has 5 fully saturated rings. The SMILES string of the molecule is CN1C(=O)CC(Sc2ccccc2)C2(C)C3CCC4(C)C(CC[C@@H]4OC4CC4)C3CC[C@@H]12. The van der Waals surface area contributed by atoms with Crippen LogP contribution in [0.25, 0.3) is 0 Å². The summed E-state index contributed by atoms with van der Waals surface area (Å²) in [5.74, 6) is 2.66. The Morgan fingerprint density at radius 2 is 1.75 bits per heavy atom. The number of ether oxygens (including phenoxy) is 1. The summed E-state index contributed by atoms with van der Waals surface area (Å²) in [7, 11) is 2.08. The molecule has 0 radical (unpaired) electrons. The van der Waals surface area contributed by atoms with Crippen molar-refractivity contribution >= 4 is 17.7 Å². The summed E-state index contributed by atoms with van der Waals surface area (Å²) < 4.78 is 6.58. The number of fused-ring (bicyclic) bond motifs is 5. The van der Waals surface area contributed by atoms with E-state index < -0.39 is 0 Å². The van der Waals surface area contributed by atoms with Crippen molar-refractivity contribution < 1.29 is 9.53 Å². The lowest BCUT2D eigenvalue weighted by Gasteiger charge is -2.63. The first kappa shape index (κ1) is 21.5. The van der Waals surface area contributed by atoms with Crippen LogP contribution in [0.3, 0.4) is 0 Å². The number of likely N-dealkylation sites (tertiary alicyclic amines) is 1. The minimum atomic E-state index is 0.183. The fourth-order valence-electron chi connectivity index (χ4n) is 8.58. The van der Waals surface area contributed by atoms with Crippen molar-refractivity contribution in [2.24, 2.45) is 28.6 Å². The summed E-state index contributed by atoms with van der Waals surface area (Å²) in [6.45, 7) is 5.13. The molecule has 6 rings (SSSR count). The maximum absolute atomic E-state index is 13.0. The van der Waals surface area contributed by atoms with Crippen molar-refractivity contribution in [3.05, 3.63) is 30.3 Å². The zero-order valence-electron chi connectivity index (χ0n) is 20.0. The highest BCUT2D eigenvalue weighted by Crippen LogP contribution is 2.66. The van der Waals surface area contributed by atoms with Crippen molar-refractivity contribution in [1.82, 2.24) is 4.90 Å². The Morgan fingerprint density at radius 1 is 0.969 bits per heavy atom. The number of piperidine rings is 1. The molecular formula is C28H39NO2S. The monoisotopic (exact) mass is 453 g/mol. The third kappa shape index (κ3) is 3.22. The Morgan fingerprint density at radius 3 is 2.50 bits per heavy atom. The van der Waals surface area contributed by atoms with Crippen molar-refractivity contribution in [2.75, 3.05) is 7.05 Å². The van der Waals surface area contributed by atoms with E-state index in [0.29, 0.717) is 41.2 Å². The van der Waals surface area contributed by atoms with Crippen LogP contribution in [0.2, 0.25) is 0 Å². The molecule has 1 heterocycles. The quantitative estimate of drug-likeness (QED) is 0.546. The van der Waals surface area contributed by atoms with E-state index in [-0.39, 0.29) is 5.41 Å². The standard InChI is InChI=1S/C28H39NO2S/c1-27-16-15-22-20(21(27)12-14-24(27)31-18-9-10-18)11-13-23-28(22,2)25(17-26(30)29(23)3)32-19-7-5-4-6-8-19/h4-8,18,20-25H,9-17H2,1-3H3/t20?,21?,22?,23-,24+,25?,27?,28?/m1/s1. The minimum absolute atomic E-state index is 0.183. The molecule has 1 aromatic rings. The molecule has 1 aromatic carbocycles. The smallest absolute Gasteiger partial charge is 0.223 e. The van der Waals surface area contributed by atoms with E-state index in [1.54, 1.807) is 0 Å². The Hall–Kier alpha value is -1.00. The van der Waals surface area contributed by atoms with Crippen LogP contribution in [0.4, 0.5) is 0 Å². The highest BCUT2D eigenvalue weighted by molar-refractivity contribution is 8.00. The lowest BCUT2D eigenvalue weighted by molar-refractivity contribution is -0.160. The fraction of sp³-hybridized carbons (Fsp3) is 0.750. The molecule has 0 bridgehead atoms. The molecule has 0 N–H and O–H groups in total. The molecule has 32 heavy (non-hydrogen) atoms. The average Bonchev–Trinajstić information content (AvgIpc) is 3.54.